The average molecular weight is 490 g/mol. The summed E-state index contributed by atoms with van der Waals surface area (Å²) in [6.45, 7) is 3.54. The van der Waals surface area contributed by atoms with Crippen LogP contribution < -0.4 is 10.6 Å². The second kappa shape index (κ2) is 9.41. The van der Waals surface area contributed by atoms with E-state index in [-0.39, 0.29) is 22.6 Å². The van der Waals surface area contributed by atoms with Crippen LogP contribution in [0.25, 0.3) is 11.4 Å². The van der Waals surface area contributed by atoms with Crippen molar-refractivity contribution in [3.63, 3.8) is 0 Å². The van der Waals surface area contributed by atoms with Gasteiger partial charge in [0.15, 0.2) is 0 Å². The summed E-state index contributed by atoms with van der Waals surface area (Å²) in [4.78, 5) is 28.1. The first-order valence-corrected chi connectivity index (χ1v) is 12.6. The second-order valence-electron chi connectivity index (χ2n) is 7.74. The number of rotatable bonds is 6. The number of benzene rings is 1. The Morgan fingerprint density at radius 1 is 1.18 bits per heavy atom. The van der Waals surface area contributed by atoms with Gasteiger partial charge < -0.3 is 15.2 Å². The molecule has 2 aromatic heterocycles. The number of carbonyl (C=O) groups is 2. The smallest absolute Gasteiger partial charge is 0.252 e. The van der Waals surface area contributed by atoms with Crippen LogP contribution in [0.2, 0.25) is 0 Å². The van der Waals surface area contributed by atoms with Gasteiger partial charge in [0.1, 0.15) is 4.21 Å². The molecule has 4 rings (SSSR count). The summed E-state index contributed by atoms with van der Waals surface area (Å²) in [6, 6.07) is 8.29. The van der Waals surface area contributed by atoms with E-state index in [1.54, 1.807) is 36.6 Å². The van der Waals surface area contributed by atoms with E-state index < -0.39 is 15.9 Å². The molecular formula is C21H23N5O5S2. The molecule has 174 valence electrons. The lowest BCUT2D eigenvalue weighted by atomic mass is 9.98. The van der Waals surface area contributed by atoms with Gasteiger partial charge in [-0.25, -0.2) is 8.42 Å². The first-order chi connectivity index (χ1) is 15.7. The fourth-order valence-electron chi connectivity index (χ4n) is 3.57. The molecule has 1 aromatic carbocycles. The Morgan fingerprint density at radius 2 is 1.88 bits per heavy atom. The first kappa shape index (κ1) is 23.1. The zero-order chi connectivity index (χ0) is 23.6. The number of carbonyl (C=O) groups excluding carboxylic acids is 2. The van der Waals surface area contributed by atoms with Crippen molar-refractivity contribution in [3.05, 3.63) is 41.6 Å². The number of nitrogens with zero attached hydrogens (tertiary/aromatic N) is 3. The van der Waals surface area contributed by atoms with Crippen molar-refractivity contribution in [3.8, 4) is 11.4 Å². The van der Waals surface area contributed by atoms with Crippen molar-refractivity contribution in [1.29, 1.82) is 0 Å². The summed E-state index contributed by atoms with van der Waals surface area (Å²) in [6.07, 6.45) is 1.18. The minimum absolute atomic E-state index is 0.104. The maximum absolute atomic E-state index is 13.2. The van der Waals surface area contributed by atoms with Crippen LogP contribution in [0.15, 0.2) is 44.4 Å². The molecule has 3 heterocycles. The first-order valence-electron chi connectivity index (χ1n) is 10.3. The maximum atomic E-state index is 13.2. The van der Waals surface area contributed by atoms with Crippen molar-refractivity contribution in [2.45, 2.75) is 30.9 Å². The lowest BCUT2D eigenvalue weighted by Crippen LogP contribution is -2.43. The highest BCUT2D eigenvalue weighted by atomic mass is 32.2. The SMILES string of the molecule is CC(=O)Nc1ccc(NC(=O)C2CCCN(S(=O)(=O)c3cc(-c4noc(C)n4)cs3)C2)cc1. The lowest BCUT2D eigenvalue weighted by molar-refractivity contribution is -0.121. The highest BCUT2D eigenvalue weighted by Crippen LogP contribution is 2.31. The number of piperidine rings is 1. The molecule has 0 radical (unpaired) electrons. The summed E-state index contributed by atoms with van der Waals surface area (Å²) < 4.78 is 32.9. The Labute approximate surface area is 195 Å². The van der Waals surface area contributed by atoms with Gasteiger partial charge in [0.05, 0.1) is 5.92 Å². The molecule has 1 atom stereocenters. The van der Waals surface area contributed by atoms with Crippen molar-refractivity contribution in [2.24, 2.45) is 5.92 Å². The predicted molar refractivity (Wildman–Crippen MR) is 123 cm³/mol. The number of hydrogen-bond donors (Lipinski definition) is 2. The molecular weight excluding hydrogens is 466 g/mol. The Hall–Kier alpha value is -3.09. The number of hydrogen-bond acceptors (Lipinski definition) is 8. The molecule has 1 unspecified atom stereocenters. The van der Waals surface area contributed by atoms with E-state index in [1.807, 2.05) is 0 Å². The maximum Gasteiger partial charge on any atom is 0.252 e. The van der Waals surface area contributed by atoms with Crippen LogP contribution in [0, 0.1) is 12.8 Å². The van der Waals surface area contributed by atoms with Gasteiger partial charge in [-0.05, 0) is 43.2 Å². The number of nitrogens with one attached hydrogen (secondary N) is 2. The third-order valence-corrected chi connectivity index (χ3v) is 8.46. The number of amides is 2. The number of thiophene rings is 1. The average Bonchev–Trinajstić information content (AvgIpc) is 3.44. The van der Waals surface area contributed by atoms with Crippen LogP contribution in [0.3, 0.4) is 0 Å². The summed E-state index contributed by atoms with van der Waals surface area (Å²) in [5.41, 5.74) is 1.78. The third-order valence-electron chi connectivity index (χ3n) is 5.18. The Balaban J connectivity index is 1.42. The molecule has 12 heteroatoms. The normalized spacial score (nSPS) is 17.0. The number of aromatic nitrogens is 2. The number of aryl methyl sites for hydroxylation is 1. The van der Waals surface area contributed by atoms with Gasteiger partial charge in [-0.1, -0.05) is 5.16 Å². The molecule has 2 amide bonds. The van der Waals surface area contributed by atoms with E-state index in [2.05, 4.69) is 20.8 Å². The fraction of sp³-hybridized carbons (Fsp3) is 0.333. The highest BCUT2D eigenvalue weighted by molar-refractivity contribution is 7.91. The van der Waals surface area contributed by atoms with Crippen molar-refractivity contribution >= 4 is 44.5 Å². The van der Waals surface area contributed by atoms with Crippen molar-refractivity contribution in [1.82, 2.24) is 14.4 Å². The van der Waals surface area contributed by atoms with Crippen LogP contribution in [0.1, 0.15) is 25.7 Å². The van der Waals surface area contributed by atoms with Crippen LogP contribution in [-0.2, 0) is 19.6 Å². The minimum Gasteiger partial charge on any atom is -0.339 e. The largest absolute Gasteiger partial charge is 0.339 e. The van der Waals surface area contributed by atoms with Gasteiger partial charge in [-0.15, -0.1) is 11.3 Å². The number of anilines is 2. The van der Waals surface area contributed by atoms with E-state index >= 15 is 0 Å². The Morgan fingerprint density at radius 3 is 2.52 bits per heavy atom. The summed E-state index contributed by atoms with van der Waals surface area (Å²) in [5.74, 6) is -0.152. The van der Waals surface area contributed by atoms with Gasteiger partial charge in [-0.2, -0.15) is 9.29 Å². The van der Waals surface area contributed by atoms with Crippen LogP contribution >= 0.6 is 11.3 Å². The van der Waals surface area contributed by atoms with Crippen LogP contribution in [0.4, 0.5) is 11.4 Å². The molecule has 1 saturated heterocycles. The zero-order valence-corrected chi connectivity index (χ0v) is 19.7. The minimum atomic E-state index is -3.75. The lowest BCUT2D eigenvalue weighted by Gasteiger charge is -2.30. The molecule has 1 aliphatic rings. The second-order valence-corrected chi connectivity index (χ2v) is 10.8. The van der Waals surface area contributed by atoms with Crippen molar-refractivity contribution < 1.29 is 22.5 Å². The Bertz CT molecular complexity index is 1270. The molecule has 33 heavy (non-hydrogen) atoms. The summed E-state index contributed by atoms with van der Waals surface area (Å²) >= 11 is 1.09. The van der Waals surface area contributed by atoms with Gasteiger partial charge in [0.25, 0.3) is 10.0 Å². The Kier molecular flexibility index (Phi) is 6.58. The standard InChI is InChI=1S/C21H23N5O5S2/c1-13(27)22-17-5-7-18(8-6-17)24-21(28)15-4-3-9-26(11-15)33(29,30)19-10-16(12-32-19)20-23-14(2)31-25-20/h5-8,10,12,15H,3-4,9,11H2,1-2H3,(H,22,27)(H,24,28). The van der Waals surface area contributed by atoms with Gasteiger partial charge in [0, 0.05) is 49.3 Å². The van der Waals surface area contributed by atoms with E-state index in [4.69, 9.17) is 4.52 Å². The monoisotopic (exact) mass is 489 g/mol. The molecule has 1 fully saturated rings. The molecule has 0 saturated carbocycles. The number of sulfonamides is 1. The molecule has 10 nitrogen and oxygen atoms in total. The predicted octanol–water partition coefficient (Wildman–Crippen LogP) is 3.10. The fourth-order valence-corrected chi connectivity index (χ4v) is 6.41. The quantitative estimate of drug-likeness (QED) is 0.543. The molecule has 3 aromatic rings. The molecule has 0 aliphatic carbocycles. The van der Waals surface area contributed by atoms with E-state index in [9.17, 15) is 18.0 Å². The van der Waals surface area contributed by atoms with E-state index in [0.717, 1.165) is 11.3 Å². The van der Waals surface area contributed by atoms with Crippen LogP contribution in [0.5, 0.6) is 0 Å². The van der Waals surface area contributed by atoms with Gasteiger partial charge in [-0.3, -0.25) is 9.59 Å². The van der Waals surface area contributed by atoms with Crippen molar-refractivity contribution in [2.75, 3.05) is 23.7 Å². The molecule has 0 spiro atoms. The van der Waals surface area contributed by atoms with Gasteiger partial charge in [0.2, 0.25) is 23.5 Å². The van der Waals surface area contributed by atoms with Crippen LogP contribution in [-0.4, -0.2) is 47.8 Å². The molecule has 1 aliphatic heterocycles. The third kappa shape index (κ3) is 5.29. The summed E-state index contributed by atoms with van der Waals surface area (Å²) in [5, 5.41) is 11.0. The topological polar surface area (TPSA) is 134 Å². The van der Waals surface area contributed by atoms with Gasteiger partial charge >= 0.3 is 0 Å². The zero-order valence-electron chi connectivity index (χ0n) is 18.1. The highest BCUT2D eigenvalue weighted by Gasteiger charge is 2.34. The van der Waals surface area contributed by atoms with E-state index in [1.165, 1.54) is 17.3 Å². The molecule has 0 bridgehead atoms. The molecule has 2 N–H and O–H groups in total. The van der Waals surface area contributed by atoms with E-state index in [0.29, 0.717) is 48.0 Å². The summed E-state index contributed by atoms with van der Waals surface area (Å²) in [7, 11) is -3.75.